The number of hydrogen-bond donors (Lipinski definition) is 1. The molecule has 160 valence electrons. The van der Waals surface area contributed by atoms with Crippen LogP contribution in [-0.2, 0) is 16.2 Å². The lowest BCUT2D eigenvalue weighted by Gasteiger charge is -2.26. The number of nitrogens with one attached hydrogen (secondary N) is 1. The molecule has 0 aliphatic carbocycles. The van der Waals surface area contributed by atoms with Crippen LogP contribution in [-0.4, -0.2) is 17.8 Å². The van der Waals surface area contributed by atoms with E-state index in [0.29, 0.717) is 28.1 Å². The van der Waals surface area contributed by atoms with Crippen molar-refractivity contribution in [3.8, 4) is 5.75 Å². The minimum atomic E-state index is -0.777. The number of urea groups is 1. The summed E-state index contributed by atoms with van der Waals surface area (Å²) in [6, 6.07) is 20.7. The topological polar surface area (TPSA) is 75.7 Å². The Hall–Kier alpha value is -3.23. The first-order valence-electron chi connectivity index (χ1n) is 9.55. The van der Waals surface area contributed by atoms with Gasteiger partial charge in [-0.05, 0) is 69.5 Å². The van der Waals surface area contributed by atoms with Gasteiger partial charge in [0.05, 0.1) is 10.2 Å². The molecule has 0 aromatic heterocycles. The van der Waals surface area contributed by atoms with Crippen LogP contribution in [0.5, 0.6) is 5.75 Å². The number of carbonyl (C=O) groups is 3. The van der Waals surface area contributed by atoms with Crippen molar-refractivity contribution in [2.75, 3.05) is 4.90 Å². The van der Waals surface area contributed by atoms with E-state index in [0.717, 1.165) is 14.9 Å². The van der Waals surface area contributed by atoms with Crippen molar-refractivity contribution in [1.29, 1.82) is 0 Å². The molecule has 3 aromatic carbocycles. The Balaban J connectivity index is 1.55. The molecule has 1 fully saturated rings. The standard InChI is InChI=1S/C24H16Br2N2O4/c25-17-9-6-15(7-10-17)14-32-21-11-8-16(13-20(21)26)12-19-22(29)27-24(31)28(23(19)30)18-4-2-1-3-5-18/h1-13H,14H2,(H,27,29,31)/b19-12+. The van der Waals surface area contributed by atoms with Crippen LogP contribution >= 0.6 is 31.9 Å². The fourth-order valence-electron chi connectivity index (χ4n) is 3.10. The maximum Gasteiger partial charge on any atom is 0.335 e. The molecule has 0 bridgehead atoms. The molecule has 4 rings (SSSR count). The highest BCUT2D eigenvalue weighted by molar-refractivity contribution is 9.10. The van der Waals surface area contributed by atoms with Gasteiger partial charge in [-0.2, -0.15) is 0 Å². The zero-order valence-corrected chi connectivity index (χ0v) is 19.7. The van der Waals surface area contributed by atoms with Crippen molar-refractivity contribution < 1.29 is 19.1 Å². The monoisotopic (exact) mass is 554 g/mol. The SMILES string of the molecule is O=C1NC(=O)N(c2ccccc2)C(=O)/C1=C/c1ccc(OCc2ccc(Br)cc2)c(Br)c1. The van der Waals surface area contributed by atoms with Crippen LogP contribution in [0.1, 0.15) is 11.1 Å². The summed E-state index contributed by atoms with van der Waals surface area (Å²) in [5, 5.41) is 2.22. The van der Waals surface area contributed by atoms with E-state index in [1.165, 1.54) is 6.08 Å². The van der Waals surface area contributed by atoms with Gasteiger partial charge in [0.2, 0.25) is 0 Å². The molecular weight excluding hydrogens is 540 g/mol. The number of amides is 4. The molecular formula is C24H16Br2N2O4. The first-order chi connectivity index (χ1) is 15.4. The fraction of sp³-hybridized carbons (Fsp3) is 0.0417. The number of benzene rings is 3. The van der Waals surface area contributed by atoms with E-state index in [9.17, 15) is 14.4 Å². The van der Waals surface area contributed by atoms with Crippen LogP contribution in [0.2, 0.25) is 0 Å². The third-order valence-electron chi connectivity index (χ3n) is 4.69. The third kappa shape index (κ3) is 4.81. The number of hydrogen-bond acceptors (Lipinski definition) is 4. The molecule has 6 nitrogen and oxygen atoms in total. The lowest BCUT2D eigenvalue weighted by Crippen LogP contribution is -2.54. The van der Waals surface area contributed by atoms with Gasteiger partial charge < -0.3 is 4.74 Å². The maximum absolute atomic E-state index is 12.9. The maximum atomic E-state index is 12.9. The number of barbiturate groups is 1. The molecule has 4 amide bonds. The summed E-state index contributed by atoms with van der Waals surface area (Å²) in [5.41, 5.74) is 1.87. The van der Waals surface area contributed by atoms with Gasteiger partial charge in [-0.25, -0.2) is 9.69 Å². The molecule has 8 heteroatoms. The second-order valence-electron chi connectivity index (χ2n) is 6.90. The summed E-state index contributed by atoms with van der Waals surface area (Å²) >= 11 is 6.88. The molecule has 0 spiro atoms. The molecule has 3 aromatic rings. The predicted molar refractivity (Wildman–Crippen MR) is 128 cm³/mol. The van der Waals surface area contributed by atoms with E-state index in [-0.39, 0.29) is 5.57 Å². The number of para-hydroxylation sites is 1. The van der Waals surface area contributed by atoms with E-state index < -0.39 is 17.8 Å². The van der Waals surface area contributed by atoms with E-state index >= 15 is 0 Å². The van der Waals surface area contributed by atoms with Crippen LogP contribution in [0, 0.1) is 0 Å². The summed E-state index contributed by atoms with van der Waals surface area (Å²) in [6.45, 7) is 0.390. The lowest BCUT2D eigenvalue weighted by atomic mass is 10.1. The number of nitrogens with zero attached hydrogens (tertiary/aromatic N) is 1. The highest BCUT2D eigenvalue weighted by Gasteiger charge is 2.36. The quantitative estimate of drug-likeness (QED) is 0.335. The van der Waals surface area contributed by atoms with Gasteiger partial charge in [-0.1, -0.05) is 52.3 Å². The number of anilines is 1. The van der Waals surface area contributed by atoms with Crippen molar-refractivity contribution in [3.05, 3.63) is 98.4 Å². The fourth-order valence-corrected chi connectivity index (χ4v) is 3.88. The van der Waals surface area contributed by atoms with Gasteiger partial charge in [0, 0.05) is 4.47 Å². The van der Waals surface area contributed by atoms with Gasteiger partial charge in [0.25, 0.3) is 11.8 Å². The van der Waals surface area contributed by atoms with Crippen molar-refractivity contribution in [2.45, 2.75) is 6.61 Å². The number of carbonyl (C=O) groups excluding carboxylic acids is 3. The lowest BCUT2D eigenvalue weighted by molar-refractivity contribution is -0.122. The summed E-state index contributed by atoms with van der Waals surface area (Å²) < 4.78 is 7.52. The molecule has 0 saturated carbocycles. The summed E-state index contributed by atoms with van der Waals surface area (Å²) in [5.74, 6) is -0.800. The summed E-state index contributed by atoms with van der Waals surface area (Å²) in [4.78, 5) is 38.4. The number of imide groups is 2. The molecule has 1 saturated heterocycles. The largest absolute Gasteiger partial charge is 0.488 e. The highest BCUT2D eigenvalue weighted by Crippen LogP contribution is 2.29. The van der Waals surface area contributed by atoms with Gasteiger partial charge in [0.15, 0.2) is 0 Å². The van der Waals surface area contributed by atoms with E-state index in [4.69, 9.17) is 4.74 Å². The molecule has 0 atom stereocenters. The van der Waals surface area contributed by atoms with Crippen LogP contribution in [0.4, 0.5) is 10.5 Å². The number of halogens is 2. The molecule has 1 N–H and O–H groups in total. The number of rotatable bonds is 5. The van der Waals surface area contributed by atoms with Crippen molar-refractivity contribution >= 4 is 61.5 Å². The summed E-state index contributed by atoms with van der Waals surface area (Å²) in [7, 11) is 0. The average Bonchev–Trinajstić information content (AvgIpc) is 2.78. The van der Waals surface area contributed by atoms with Crippen molar-refractivity contribution in [3.63, 3.8) is 0 Å². The Morgan fingerprint density at radius 1 is 0.906 bits per heavy atom. The first kappa shape index (κ1) is 22.0. The Morgan fingerprint density at radius 2 is 1.62 bits per heavy atom. The Bertz CT molecular complexity index is 1220. The van der Waals surface area contributed by atoms with Crippen LogP contribution in [0.25, 0.3) is 6.08 Å². The zero-order valence-electron chi connectivity index (χ0n) is 16.5. The van der Waals surface area contributed by atoms with Gasteiger partial charge in [-0.3, -0.25) is 14.9 Å². The van der Waals surface area contributed by atoms with Crippen LogP contribution in [0.15, 0.2) is 87.3 Å². The first-order valence-corrected chi connectivity index (χ1v) is 11.1. The van der Waals surface area contributed by atoms with Crippen molar-refractivity contribution in [1.82, 2.24) is 5.32 Å². The molecule has 1 heterocycles. The molecule has 0 radical (unpaired) electrons. The zero-order chi connectivity index (χ0) is 22.7. The Labute approximate surface area is 201 Å². The average molecular weight is 556 g/mol. The van der Waals surface area contributed by atoms with E-state index in [2.05, 4.69) is 37.2 Å². The van der Waals surface area contributed by atoms with Gasteiger partial charge >= 0.3 is 6.03 Å². The molecule has 1 aliphatic heterocycles. The minimum Gasteiger partial charge on any atom is -0.488 e. The Kier molecular flexibility index (Phi) is 6.53. The van der Waals surface area contributed by atoms with Gasteiger partial charge in [-0.15, -0.1) is 0 Å². The number of ether oxygens (including phenoxy) is 1. The smallest absolute Gasteiger partial charge is 0.335 e. The third-order valence-corrected chi connectivity index (χ3v) is 5.84. The van der Waals surface area contributed by atoms with Crippen molar-refractivity contribution in [2.24, 2.45) is 0 Å². The highest BCUT2D eigenvalue weighted by atomic mass is 79.9. The van der Waals surface area contributed by atoms with E-state index in [1.807, 2.05) is 24.3 Å². The van der Waals surface area contributed by atoms with Gasteiger partial charge in [0.1, 0.15) is 17.9 Å². The molecule has 1 aliphatic rings. The van der Waals surface area contributed by atoms with E-state index in [1.54, 1.807) is 48.5 Å². The second kappa shape index (κ2) is 9.50. The second-order valence-corrected chi connectivity index (χ2v) is 8.67. The molecule has 32 heavy (non-hydrogen) atoms. The Morgan fingerprint density at radius 3 is 2.31 bits per heavy atom. The van der Waals surface area contributed by atoms with Crippen LogP contribution < -0.4 is 15.0 Å². The normalized spacial score (nSPS) is 15.1. The minimum absolute atomic E-state index is 0.135. The molecule has 0 unspecified atom stereocenters. The van der Waals surface area contributed by atoms with Crippen LogP contribution in [0.3, 0.4) is 0 Å². The predicted octanol–water partition coefficient (Wildman–Crippen LogP) is 5.46. The summed E-state index contributed by atoms with van der Waals surface area (Å²) in [6.07, 6.45) is 1.45.